The predicted octanol–water partition coefficient (Wildman–Crippen LogP) is 6.06. The minimum Gasteiger partial charge on any atom is -0.370 e. The molecular weight excluding hydrogens is 578 g/mol. The topological polar surface area (TPSA) is 119 Å². The van der Waals surface area contributed by atoms with E-state index in [-0.39, 0.29) is 18.2 Å². The first kappa shape index (κ1) is 32.0. The van der Waals surface area contributed by atoms with Gasteiger partial charge in [-0.25, -0.2) is 0 Å². The first-order chi connectivity index (χ1) is 21.5. The molecule has 1 aromatic carbocycles. The molecule has 5 rings (SSSR count). The molecule has 2 aliphatic heterocycles. The Morgan fingerprint density at radius 1 is 1.02 bits per heavy atom. The van der Waals surface area contributed by atoms with Crippen molar-refractivity contribution in [2.24, 2.45) is 5.92 Å². The molecule has 1 amide bonds. The largest absolute Gasteiger partial charge is 0.370 e. The van der Waals surface area contributed by atoms with E-state index in [1.807, 2.05) is 18.2 Å². The number of rotatable bonds is 13. The van der Waals surface area contributed by atoms with Gasteiger partial charge < -0.3 is 29.6 Å². The van der Waals surface area contributed by atoms with Gasteiger partial charge in [0.1, 0.15) is 6.07 Å². The number of H-pyrrole nitrogens is 1. The summed E-state index contributed by atoms with van der Waals surface area (Å²) < 4.78 is 12.3. The predicted molar refractivity (Wildman–Crippen MR) is 173 cm³/mol. The van der Waals surface area contributed by atoms with Gasteiger partial charge in [0.25, 0.3) is 5.91 Å². The number of hydrogen-bond donors (Lipinski definition) is 2. The lowest BCUT2D eigenvalue weighted by atomic mass is 9.96. The molecule has 11 heteroatoms. The van der Waals surface area contributed by atoms with Gasteiger partial charge in [0.2, 0.25) is 0 Å². The van der Waals surface area contributed by atoms with Crippen LogP contribution in [0.25, 0.3) is 10.9 Å². The molecule has 0 unspecified atom stereocenters. The monoisotopic (exact) mass is 621 g/mol. The van der Waals surface area contributed by atoms with Gasteiger partial charge in [-0.2, -0.15) is 5.26 Å². The van der Waals surface area contributed by atoms with Crippen molar-refractivity contribution in [2.75, 3.05) is 49.2 Å². The summed E-state index contributed by atoms with van der Waals surface area (Å²) in [7, 11) is 0. The van der Waals surface area contributed by atoms with Gasteiger partial charge in [-0.3, -0.25) is 4.79 Å². The fraction of sp³-hybridized carbons (Fsp3) is 0.576. The van der Waals surface area contributed by atoms with E-state index >= 15 is 0 Å². The van der Waals surface area contributed by atoms with Crippen molar-refractivity contribution < 1.29 is 14.3 Å². The molecular formula is C33H44ClN7O3. The second-order valence-electron chi connectivity index (χ2n) is 11.8. The highest BCUT2D eigenvalue weighted by atomic mass is 35.5. The summed E-state index contributed by atoms with van der Waals surface area (Å²) in [6, 6.07) is 9.75. The first-order valence-electron chi connectivity index (χ1n) is 16.1. The summed E-state index contributed by atoms with van der Waals surface area (Å²) >= 11 is 6.38. The molecule has 0 aliphatic carbocycles. The Kier molecular flexibility index (Phi) is 11.3. The number of benzene rings is 1. The van der Waals surface area contributed by atoms with Crippen molar-refractivity contribution in [3.05, 3.63) is 46.7 Å². The normalized spacial score (nSPS) is 16.5. The fourth-order valence-corrected chi connectivity index (χ4v) is 6.35. The van der Waals surface area contributed by atoms with Gasteiger partial charge in [0.15, 0.2) is 17.8 Å². The van der Waals surface area contributed by atoms with E-state index in [0.717, 1.165) is 113 Å². The lowest BCUT2D eigenvalue weighted by Crippen LogP contribution is -2.45. The summed E-state index contributed by atoms with van der Waals surface area (Å²) in [6.45, 7) is 9.09. The molecule has 0 radical (unpaired) electrons. The molecule has 2 fully saturated rings. The molecule has 10 nitrogen and oxygen atoms in total. The second kappa shape index (κ2) is 15.6. The van der Waals surface area contributed by atoms with Crippen LogP contribution < -0.4 is 15.1 Å². The number of aromatic amines is 1. The number of nitrogens with one attached hydrogen (secondary N) is 2. The number of anilines is 2. The van der Waals surface area contributed by atoms with Crippen molar-refractivity contribution in [2.45, 2.75) is 77.5 Å². The van der Waals surface area contributed by atoms with Crippen molar-refractivity contribution in [3.63, 3.8) is 0 Å². The van der Waals surface area contributed by atoms with Crippen molar-refractivity contribution in [1.82, 2.24) is 20.5 Å². The summed E-state index contributed by atoms with van der Waals surface area (Å²) in [6.07, 6.45) is 9.41. The summed E-state index contributed by atoms with van der Waals surface area (Å²) in [5.41, 5.74) is 2.76. The van der Waals surface area contributed by atoms with E-state index in [4.69, 9.17) is 21.1 Å². The average Bonchev–Trinajstić information content (AvgIpc) is 3.50. The lowest BCUT2D eigenvalue weighted by molar-refractivity contribution is -0.177. The van der Waals surface area contributed by atoms with Gasteiger partial charge >= 0.3 is 0 Å². The van der Waals surface area contributed by atoms with Gasteiger partial charge in [0.05, 0.1) is 21.8 Å². The molecule has 2 aliphatic rings. The van der Waals surface area contributed by atoms with Gasteiger partial charge in [-0.15, -0.1) is 10.2 Å². The zero-order valence-electron chi connectivity index (χ0n) is 25.9. The molecule has 0 bridgehead atoms. The number of carbonyl (C=O) groups is 1. The number of fused-ring (bicyclic) bond motifs is 1. The second-order valence-corrected chi connectivity index (χ2v) is 12.2. The smallest absolute Gasteiger partial charge is 0.272 e. The van der Waals surface area contributed by atoms with E-state index in [1.165, 1.54) is 0 Å². The van der Waals surface area contributed by atoms with E-state index < -0.39 is 0 Å². The van der Waals surface area contributed by atoms with Crippen LogP contribution >= 0.6 is 11.6 Å². The van der Waals surface area contributed by atoms with E-state index in [0.29, 0.717) is 22.2 Å². The molecule has 44 heavy (non-hydrogen) atoms. The number of ether oxygens (including phenoxy) is 2. The van der Waals surface area contributed by atoms with Crippen LogP contribution in [0.4, 0.5) is 11.5 Å². The summed E-state index contributed by atoms with van der Waals surface area (Å²) in [5, 5.41) is 22.6. The first-order valence-corrected chi connectivity index (χ1v) is 16.5. The molecule has 2 saturated heterocycles. The Labute approximate surface area is 265 Å². The Morgan fingerprint density at radius 2 is 1.70 bits per heavy atom. The van der Waals surface area contributed by atoms with E-state index in [2.05, 4.69) is 50.2 Å². The molecule has 0 atom stereocenters. The van der Waals surface area contributed by atoms with Crippen LogP contribution in [0.1, 0.15) is 81.3 Å². The maximum Gasteiger partial charge on any atom is 0.272 e. The third-order valence-electron chi connectivity index (χ3n) is 8.75. The van der Waals surface area contributed by atoms with E-state index in [9.17, 15) is 10.1 Å². The Hall–Kier alpha value is -3.39. The van der Waals surface area contributed by atoms with Crippen LogP contribution in [0.5, 0.6) is 0 Å². The van der Waals surface area contributed by atoms with Gasteiger partial charge in [-0.1, -0.05) is 38.3 Å². The van der Waals surface area contributed by atoms with Crippen LogP contribution in [-0.4, -0.2) is 72.8 Å². The number of unbranched alkanes of at least 4 members (excludes halogenated alkanes) is 2. The number of nitriles is 1. The molecule has 0 spiro atoms. The Balaban J connectivity index is 1.10. The third kappa shape index (κ3) is 7.63. The van der Waals surface area contributed by atoms with Gasteiger partial charge in [-0.05, 0) is 62.8 Å². The number of piperidine rings is 2. The van der Waals surface area contributed by atoms with Crippen LogP contribution in [-0.2, 0) is 9.47 Å². The molecule has 2 aromatic heterocycles. The third-order valence-corrected chi connectivity index (χ3v) is 9.06. The Bertz CT molecular complexity index is 1400. The summed E-state index contributed by atoms with van der Waals surface area (Å²) in [5.74, 6) is 0.962. The van der Waals surface area contributed by atoms with E-state index in [1.54, 1.807) is 12.3 Å². The molecule has 2 N–H and O–H groups in total. The minimum atomic E-state index is -0.200. The fourth-order valence-electron chi connectivity index (χ4n) is 6.09. The molecule has 3 aromatic rings. The molecule has 236 valence electrons. The van der Waals surface area contributed by atoms with Crippen molar-refractivity contribution >= 4 is 39.9 Å². The number of hydrogen-bond acceptors (Lipinski definition) is 8. The van der Waals surface area contributed by atoms with Crippen LogP contribution in [0, 0.1) is 17.2 Å². The minimum absolute atomic E-state index is 0.0485. The number of nitrogens with zero attached hydrogens (tertiary/aromatic N) is 5. The highest BCUT2D eigenvalue weighted by Crippen LogP contribution is 2.35. The number of halogens is 1. The highest BCUT2D eigenvalue weighted by molar-refractivity contribution is 6.36. The SMILES string of the molecule is CCCCOC(OCCCC)C1CCN(c2ccc(C(=O)NC3CCN(c4ccc(Cl)c5c(C#N)c[nH]c45)CC3)nn2)CC1. The van der Waals surface area contributed by atoms with Crippen molar-refractivity contribution in [1.29, 1.82) is 5.26 Å². The maximum absolute atomic E-state index is 13.0. The molecule has 4 heterocycles. The zero-order chi connectivity index (χ0) is 30.9. The zero-order valence-corrected chi connectivity index (χ0v) is 26.6. The van der Waals surface area contributed by atoms with Crippen LogP contribution in [0.2, 0.25) is 5.02 Å². The summed E-state index contributed by atoms with van der Waals surface area (Å²) in [4.78, 5) is 20.7. The highest BCUT2D eigenvalue weighted by Gasteiger charge is 2.29. The number of amides is 1. The average molecular weight is 622 g/mol. The Morgan fingerprint density at radius 3 is 2.32 bits per heavy atom. The number of aromatic nitrogens is 3. The lowest BCUT2D eigenvalue weighted by Gasteiger charge is -2.36. The maximum atomic E-state index is 13.0. The van der Waals surface area contributed by atoms with Crippen molar-refractivity contribution in [3.8, 4) is 6.07 Å². The number of carbonyl (C=O) groups excluding carboxylic acids is 1. The standard InChI is InChI=1S/C33H44ClN7O3/c1-3-5-19-43-33(44-20-6-4-2)23-11-15-41(16-12-23)29-10-8-27(38-39-29)32(42)37-25-13-17-40(18-14-25)28-9-7-26(34)30-24(21-35)22-36-31(28)30/h7-10,22-23,25,33,36H,3-6,11-20H2,1-2H3,(H,37,42). The van der Waals surface area contributed by atoms with Crippen LogP contribution in [0.3, 0.4) is 0 Å². The van der Waals surface area contributed by atoms with Crippen LogP contribution in [0.15, 0.2) is 30.5 Å². The molecule has 0 saturated carbocycles. The van der Waals surface area contributed by atoms with Gasteiger partial charge in [0, 0.05) is 62.9 Å². The quantitative estimate of drug-likeness (QED) is 0.175.